The van der Waals surface area contributed by atoms with Crippen molar-refractivity contribution in [2.24, 2.45) is 5.92 Å². The van der Waals surface area contributed by atoms with Crippen molar-refractivity contribution in [3.05, 3.63) is 30.3 Å². The largest absolute Gasteiger partial charge is 0.444 e. The van der Waals surface area contributed by atoms with Crippen LogP contribution < -0.4 is 10.2 Å². The Hall–Kier alpha value is -2.57. The molecule has 0 aliphatic carbocycles. The van der Waals surface area contributed by atoms with Crippen LogP contribution in [-0.2, 0) is 9.53 Å². The number of urea groups is 1. The number of carbonyl (C=O) groups is 3. The van der Waals surface area contributed by atoms with E-state index in [-0.39, 0.29) is 23.9 Å². The molecule has 1 N–H and O–H groups in total. The molecule has 3 rings (SSSR count). The molecule has 0 saturated carbocycles. The summed E-state index contributed by atoms with van der Waals surface area (Å²) < 4.78 is 5.21. The number of anilines is 1. The number of ether oxygens (including phenoxy) is 1. The summed E-state index contributed by atoms with van der Waals surface area (Å²) in [5.41, 5.74) is 0.129. The van der Waals surface area contributed by atoms with Crippen molar-refractivity contribution in [3.63, 3.8) is 0 Å². The lowest BCUT2D eigenvalue weighted by atomic mass is 9.93. The number of nitrogens with zero attached hydrogens (tertiary/aromatic N) is 2. The van der Waals surface area contributed by atoms with Gasteiger partial charge in [0.15, 0.2) is 0 Å². The molecule has 1 unspecified atom stereocenters. The van der Waals surface area contributed by atoms with Gasteiger partial charge < -0.3 is 15.0 Å². The number of hydrogen-bond donors (Lipinski definition) is 1. The zero-order valence-electron chi connectivity index (χ0n) is 16.8. The van der Waals surface area contributed by atoms with E-state index < -0.39 is 11.7 Å². The Morgan fingerprint density at radius 1 is 1.18 bits per heavy atom. The molecule has 7 nitrogen and oxygen atoms in total. The van der Waals surface area contributed by atoms with Crippen LogP contribution in [0.4, 0.5) is 15.3 Å². The van der Waals surface area contributed by atoms with E-state index in [4.69, 9.17) is 4.74 Å². The number of para-hydroxylation sites is 1. The molecule has 2 aliphatic rings. The molecule has 2 aliphatic heterocycles. The van der Waals surface area contributed by atoms with Gasteiger partial charge in [-0.1, -0.05) is 24.6 Å². The van der Waals surface area contributed by atoms with Gasteiger partial charge in [-0.05, 0) is 58.1 Å². The van der Waals surface area contributed by atoms with Crippen LogP contribution in [0.5, 0.6) is 0 Å². The van der Waals surface area contributed by atoms with Crippen molar-refractivity contribution >= 4 is 23.7 Å². The third-order valence-electron chi connectivity index (χ3n) is 5.12. The number of fused-ring (bicyclic) bond motifs is 1. The summed E-state index contributed by atoms with van der Waals surface area (Å²) in [6.07, 6.45) is 3.00. The number of rotatable bonds is 6. The molecule has 0 radical (unpaired) electrons. The summed E-state index contributed by atoms with van der Waals surface area (Å²) in [6.45, 7) is 6.66. The summed E-state index contributed by atoms with van der Waals surface area (Å²) in [5, 5.41) is 2.75. The molecule has 2 atom stereocenters. The molecule has 1 aromatic rings. The minimum Gasteiger partial charge on any atom is -0.444 e. The Morgan fingerprint density at radius 2 is 1.89 bits per heavy atom. The Morgan fingerprint density at radius 3 is 2.57 bits per heavy atom. The molecular weight excluding hydrogens is 358 g/mol. The van der Waals surface area contributed by atoms with E-state index >= 15 is 0 Å². The first kappa shape index (κ1) is 20.2. The number of carbonyl (C=O) groups excluding carboxylic acids is 3. The van der Waals surface area contributed by atoms with Gasteiger partial charge in [0.2, 0.25) is 0 Å². The number of unbranched alkanes of at least 4 members (excludes halogenated alkanes) is 1. The molecule has 152 valence electrons. The molecule has 7 heteroatoms. The van der Waals surface area contributed by atoms with Crippen LogP contribution >= 0.6 is 0 Å². The van der Waals surface area contributed by atoms with Gasteiger partial charge in [0.05, 0.1) is 5.69 Å². The highest BCUT2D eigenvalue weighted by atomic mass is 16.6. The summed E-state index contributed by atoms with van der Waals surface area (Å²) in [6, 6.07) is 8.53. The van der Waals surface area contributed by atoms with E-state index in [9.17, 15) is 14.4 Å². The fourth-order valence-electron chi connectivity index (χ4n) is 3.91. The quantitative estimate of drug-likeness (QED) is 0.598. The van der Waals surface area contributed by atoms with Gasteiger partial charge in [-0.2, -0.15) is 0 Å². The van der Waals surface area contributed by atoms with E-state index in [1.165, 1.54) is 4.90 Å². The lowest BCUT2D eigenvalue weighted by molar-refractivity contribution is -0.120. The molecule has 0 aromatic heterocycles. The van der Waals surface area contributed by atoms with E-state index in [1.807, 2.05) is 39.0 Å². The highest BCUT2D eigenvalue weighted by molar-refractivity contribution is 6.21. The van der Waals surface area contributed by atoms with E-state index in [1.54, 1.807) is 17.0 Å². The van der Waals surface area contributed by atoms with Crippen molar-refractivity contribution in [3.8, 4) is 0 Å². The van der Waals surface area contributed by atoms with Crippen LogP contribution in [0.3, 0.4) is 0 Å². The van der Waals surface area contributed by atoms with Crippen LogP contribution in [0.1, 0.15) is 46.5 Å². The number of imide groups is 1. The zero-order valence-corrected chi connectivity index (χ0v) is 16.8. The summed E-state index contributed by atoms with van der Waals surface area (Å²) in [7, 11) is 0. The van der Waals surface area contributed by atoms with Crippen LogP contribution in [0.15, 0.2) is 30.3 Å². The maximum absolute atomic E-state index is 12.9. The fraction of sp³-hybridized carbons (Fsp3) is 0.571. The van der Waals surface area contributed by atoms with E-state index in [2.05, 4.69) is 5.32 Å². The van der Waals surface area contributed by atoms with Gasteiger partial charge in [-0.25, -0.2) is 14.5 Å². The van der Waals surface area contributed by atoms with Crippen molar-refractivity contribution in [2.75, 3.05) is 18.0 Å². The van der Waals surface area contributed by atoms with Gasteiger partial charge in [0.1, 0.15) is 11.6 Å². The molecule has 2 fully saturated rings. The highest BCUT2D eigenvalue weighted by Gasteiger charge is 2.52. The van der Waals surface area contributed by atoms with E-state index in [0.29, 0.717) is 18.8 Å². The summed E-state index contributed by atoms with van der Waals surface area (Å²) in [5.74, 6) is 0.0530. The maximum atomic E-state index is 12.9. The summed E-state index contributed by atoms with van der Waals surface area (Å²) >= 11 is 0. The molecule has 1 aromatic carbocycles. The number of benzene rings is 1. The van der Waals surface area contributed by atoms with Crippen LogP contribution in [0.25, 0.3) is 0 Å². The maximum Gasteiger partial charge on any atom is 0.407 e. The lowest BCUT2D eigenvalue weighted by Gasteiger charge is -2.20. The third-order valence-corrected chi connectivity index (χ3v) is 5.12. The first-order valence-corrected chi connectivity index (χ1v) is 9.94. The van der Waals surface area contributed by atoms with E-state index in [0.717, 1.165) is 25.7 Å². The van der Waals surface area contributed by atoms with Gasteiger partial charge in [0.25, 0.3) is 5.91 Å². The first-order valence-electron chi connectivity index (χ1n) is 9.94. The van der Waals surface area contributed by atoms with Gasteiger partial charge in [-0.3, -0.25) is 4.79 Å². The predicted molar refractivity (Wildman–Crippen MR) is 106 cm³/mol. The second kappa shape index (κ2) is 8.20. The minimum atomic E-state index is -0.503. The van der Waals surface area contributed by atoms with Gasteiger partial charge in [0, 0.05) is 13.1 Å². The smallest absolute Gasteiger partial charge is 0.407 e. The Bertz CT molecular complexity index is 729. The van der Waals surface area contributed by atoms with Crippen molar-refractivity contribution in [1.29, 1.82) is 0 Å². The monoisotopic (exact) mass is 387 g/mol. The molecule has 0 spiro atoms. The molecule has 28 heavy (non-hydrogen) atoms. The average Bonchev–Trinajstić information content (AvgIpc) is 3.14. The van der Waals surface area contributed by atoms with Crippen LogP contribution in [0, 0.1) is 5.92 Å². The second-order valence-corrected chi connectivity index (χ2v) is 8.40. The Balaban J connectivity index is 1.48. The number of hydrogen-bond acceptors (Lipinski definition) is 4. The number of amides is 4. The lowest BCUT2D eigenvalue weighted by Crippen LogP contribution is -2.34. The van der Waals surface area contributed by atoms with Crippen molar-refractivity contribution in [2.45, 2.75) is 58.1 Å². The minimum absolute atomic E-state index is 0.120. The van der Waals surface area contributed by atoms with Crippen molar-refractivity contribution in [1.82, 2.24) is 10.2 Å². The molecular formula is C21H29N3O4. The Kier molecular flexibility index (Phi) is 5.91. The SMILES string of the molecule is CC(C)(C)OC(=O)NCCCC[C@H]1CCN2C(=O)N(c3ccccc3)C(=O)C12. The zero-order chi connectivity index (χ0) is 20.3. The standard InChI is InChI=1S/C21H29N3O4/c1-21(2,3)28-19(26)22-13-8-7-9-15-12-14-23-17(15)18(25)24(20(23)27)16-10-5-4-6-11-16/h4-6,10-11,15,17H,7-9,12-14H2,1-3H3,(H,22,26)/t15-,17?/m0/s1. The van der Waals surface area contributed by atoms with Gasteiger partial charge >= 0.3 is 12.1 Å². The number of alkyl carbamates (subject to hydrolysis) is 1. The fourth-order valence-corrected chi connectivity index (χ4v) is 3.91. The molecule has 4 amide bonds. The van der Waals surface area contributed by atoms with Crippen LogP contribution in [-0.4, -0.2) is 47.7 Å². The molecule has 2 saturated heterocycles. The Labute approximate surface area is 166 Å². The van der Waals surface area contributed by atoms with Crippen molar-refractivity contribution < 1.29 is 19.1 Å². The van der Waals surface area contributed by atoms with Crippen LogP contribution in [0.2, 0.25) is 0 Å². The molecule has 2 heterocycles. The number of nitrogens with one attached hydrogen (secondary N) is 1. The highest BCUT2D eigenvalue weighted by Crippen LogP contribution is 2.37. The second-order valence-electron chi connectivity index (χ2n) is 8.40. The average molecular weight is 387 g/mol. The predicted octanol–water partition coefficient (Wildman–Crippen LogP) is 3.54. The first-order chi connectivity index (χ1) is 13.3. The topological polar surface area (TPSA) is 79.0 Å². The third kappa shape index (κ3) is 4.46. The summed E-state index contributed by atoms with van der Waals surface area (Å²) in [4.78, 5) is 40.3. The molecule has 0 bridgehead atoms. The normalized spacial score (nSPS) is 21.8. The van der Waals surface area contributed by atoms with Gasteiger partial charge in [-0.15, -0.1) is 0 Å².